The Balaban J connectivity index is 1.56. The summed E-state index contributed by atoms with van der Waals surface area (Å²) in [5, 5.41) is 9.97. The van der Waals surface area contributed by atoms with Crippen LogP contribution in [0.5, 0.6) is 0 Å². The highest BCUT2D eigenvalue weighted by atomic mass is 19.4. The summed E-state index contributed by atoms with van der Waals surface area (Å²) in [5.41, 5.74) is -3.84. The second kappa shape index (κ2) is 12.3. The molecule has 0 aliphatic carbocycles. The number of aryl methyl sites for hydroxylation is 1. The van der Waals surface area contributed by atoms with Crippen LogP contribution in [0, 0.1) is 24.6 Å². The molecule has 4 rings (SSSR count). The highest BCUT2D eigenvalue weighted by Crippen LogP contribution is 2.39. The van der Waals surface area contributed by atoms with E-state index in [9.17, 15) is 50.2 Å². The van der Waals surface area contributed by atoms with Crippen LogP contribution < -0.4 is 0 Å². The zero-order chi connectivity index (χ0) is 33.6. The molecule has 2 atom stereocenters. The molecule has 45 heavy (non-hydrogen) atoms. The normalized spacial score (nSPS) is 19.7. The zero-order valence-corrected chi connectivity index (χ0v) is 25.1. The summed E-state index contributed by atoms with van der Waals surface area (Å²) >= 11 is 0. The first kappa shape index (κ1) is 34.2. The number of hydrogen-bond donors (Lipinski definition) is 1. The number of carbonyl (C=O) groups excluding carboxylic acids is 3. The van der Waals surface area contributed by atoms with Gasteiger partial charge in [0, 0.05) is 51.6 Å². The van der Waals surface area contributed by atoms with Gasteiger partial charge in [-0.15, -0.1) is 0 Å². The summed E-state index contributed by atoms with van der Waals surface area (Å²) in [6.07, 6.45) is -9.95. The van der Waals surface area contributed by atoms with Gasteiger partial charge in [0.25, 0.3) is 5.91 Å². The molecular formula is C31H34F7N3O4. The molecule has 2 aromatic carbocycles. The summed E-state index contributed by atoms with van der Waals surface area (Å²) < 4.78 is 94.3. The number of benzene rings is 2. The van der Waals surface area contributed by atoms with Gasteiger partial charge in [-0.25, -0.2) is 4.39 Å². The van der Waals surface area contributed by atoms with E-state index in [1.54, 1.807) is 11.8 Å². The molecule has 2 fully saturated rings. The Labute approximate surface area is 255 Å². The van der Waals surface area contributed by atoms with E-state index >= 15 is 0 Å². The molecule has 0 bridgehead atoms. The fraction of sp³-hybridized carbons (Fsp3) is 0.516. The van der Waals surface area contributed by atoms with Crippen molar-refractivity contribution >= 4 is 17.7 Å². The third-order valence-electron chi connectivity index (χ3n) is 8.36. The number of nitrogens with zero attached hydrogens (tertiary/aromatic N) is 3. The standard InChI is InChI=1S/C31H34F7N3O4/c1-17-9-22(32)5-6-23(17)25-16-40(26(42)19-14-41(15-19)28(44)29(2,3)45)8-7-24(25)27(43)39(4)13-18-10-20(30(33,34)35)12-21(11-18)31(36,37)38/h5-6,9-12,19,24-25,45H,7-8,13-16H2,1-4H3/t24-,25+/m1/s1. The van der Waals surface area contributed by atoms with Crippen molar-refractivity contribution in [2.24, 2.45) is 11.8 Å². The van der Waals surface area contributed by atoms with Crippen LogP contribution in [0.3, 0.4) is 0 Å². The molecule has 0 aromatic heterocycles. The Kier molecular flexibility index (Phi) is 9.31. The van der Waals surface area contributed by atoms with Crippen LogP contribution >= 0.6 is 0 Å². The van der Waals surface area contributed by atoms with Crippen LogP contribution in [0.2, 0.25) is 0 Å². The molecule has 3 amide bonds. The van der Waals surface area contributed by atoms with Gasteiger partial charge < -0.3 is 19.8 Å². The molecule has 2 aliphatic rings. The van der Waals surface area contributed by atoms with Crippen molar-refractivity contribution in [1.29, 1.82) is 0 Å². The van der Waals surface area contributed by atoms with Gasteiger partial charge in [-0.2, -0.15) is 26.3 Å². The van der Waals surface area contributed by atoms with Crippen LogP contribution in [0.25, 0.3) is 0 Å². The van der Waals surface area contributed by atoms with E-state index in [0.29, 0.717) is 23.3 Å². The summed E-state index contributed by atoms with van der Waals surface area (Å²) in [7, 11) is 1.28. The van der Waals surface area contributed by atoms with Crippen molar-refractivity contribution in [3.63, 3.8) is 0 Å². The number of carbonyl (C=O) groups is 3. The van der Waals surface area contributed by atoms with Crippen molar-refractivity contribution in [3.05, 3.63) is 70.0 Å². The molecule has 0 unspecified atom stereocenters. The average molecular weight is 646 g/mol. The first-order chi connectivity index (χ1) is 20.7. The Hall–Kier alpha value is -3.68. The summed E-state index contributed by atoms with van der Waals surface area (Å²) in [6, 6.07) is 5.15. The number of alkyl halides is 6. The number of piperidine rings is 1. The monoisotopic (exact) mass is 645 g/mol. The predicted octanol–water partition coefficient (Wildman–Crippen LogP) is 4.99. The second-order valence-corrected chi connectivity index (χ2v) is 12.4. The number of rotatable bonds is 6. The maximum atomic E-state index is 14.0. The molecular weight excluding hydrogens is 611 g/mol. The van der Waals surface area contributed by atoms with Crippen molar-refractivity contribution in [2.45, 2.75) is 57.6 Å². The zero-order valence-electron chi connectivity index (χ0n) is 25.1. The molecule has 0 saturated carbocycles. The molecule has 2 heterocycles. The van der Waals surface area contributed by atoms with Gasteiger partial charge >= 0.3 is 12.4 Å². The van der Waals surface area contributed by atoms with Crippen LogP contribution in [0.4, 0.5) is 30.7 Å². The van der Waals surface area contributed by atoms with E-state index < -0.39 is 71.0 Å². The Morgan fingerprint density at radius 3 is 2.00 bits per heavy atom. The SMILES string of the molecule is Cc1cc(F)ccc1[C@@H]1CN(C(=O)C2CN(C(=O)C(C)(C)O)C2)CC[C@H]1C(=O)N(C)Cc1cc(C(F)(F)F)cc(C(F)(F)F)c1. The van der Waals surface area contributed by atoms with Gasteiger partial charge in [-0.1, -0.05) is 6.07 Å². The lowest BCUT2D eigenvalue weighted by atomic mass is 9.77. The Bertz CT molecular complexity index is 1430. The third kappa shape index (κ3) is 7.59. The fourth-order valence-electron chi connectivity index (χ4n) is 6.01. The van der Waals surface area contributed by atoms with E-state index in [0.717, 1.165) is 4.90 Å². The molecule has 0 spiro atoms. The van der Waals surface area contributed by atoms with E-state index in [1.807, 2.05) is 0 Å². The smallest absolute Gasteiger partial charge is 0.381 e. The highest BCUT2D eigenvalue weighted by molar-refractivity contribution is 5.88. The average Bonchev–Trinajstić information content (AvgIpc) is 2.89. The lowest BCUT2D eigenvalue weighted by Gasteiger charge is -2.45. The topological polar surface area (TPSA) is 81.2 Å². The summed E-state index contributed by atoms with van der Waals surface area (Å²) in [5.74, 6) is -3.83. The highest BCUT2D eigenvalue weighted by Gasteiger charge is 2.45. The van der Waals surface area contributed by atoms with E-state index in [4.69, 9.17) is 0 Å². The fourth-order valence-corrected chi connectivity index (χ4v) is 6.01. The molecule has 246 valence electrons. The van der Waals surface area contributed by atoms with Gasteiger partial charge in [0.15, 0.2) is 0 Å². The van der Waals surface area contributed by atoms with Gasteiger partial charge in [0.1, 0.15) is 11.4 Å². The van der Waals surface area contributed by atoms with Gasteiger partial charge in [0.05, 0.1) is 17.0 Å². The minimum Gasteiger partial charge on any atom is -0.381 e. The Morgan fingerprint density at radius 2 is 1.49 bits per heavy atom. The van der Waals surface area contributed by atoms with Gasteiger partial charge in [-0.05, 0) is 74.2 Å². The number of halogens is 7. The van der Waals surface area contributed by atoms with E-state index in [1.165, 1.54) is 44.0 Å². The summed E-state index contributed by atoms with van der Waals surface area (Å²) in [4.78, 5) is 43.4. The lowest BCUT2D eigenvalue weighted by molar-refractivity contribution is -0.160. The largest absolute Gasteiger partial charge is 0.416 e. The van der Waals surface area contributed by atoms with Crippen LogP contribution in [-0.4, -0.2) is 76.4 Å². The quantitative estimate of drug-likeness (QED) is 0.449. The van der Waals surface area contributed by atoms with Gasteiger partial charge in [-0.3, -0.25) is 14.4 Å². The van der Waals surface area contributed by atoms with Crippen molar-refractivity contribution in [2.75, 3.05) is 33.2 Å². The van der Waals surface area contributed by atoms with E-state index in [-0.39, 0.29) is 50.1 Å². The Morgan fingerprint density at radius 1 is 0.911 bits per heavy atom. The first-order valence-corrected chi connectivity index (χ1v) is 14.3. The molecule has 7 nitrogen and oxygen atoms in total. The molecule has 2 saturated heterocycles. The van der Waals surface area contributed by atoms with E-state index in [2.05, 4.69) is 0 Å². The third-order valence-corrected chi connectivity index (χ3v) is 8.36. The summed E-state index contributed by atoms with van der Waals surface area (Å²) in [6.45, 7) is 4.21. The minimum atomic E-state index is -5.04. The van der Waals surface area contributed by atoms with Crippen LogP contribution in [-0.2, 0) is 33.3 Å². The lowest BCUT2D eigenvalue weighted by Crippen LogP contribution is -2.61. The number of aliphatic hydroxyl groups is 1. The van der Waals surface area contributed by atoms with Crippen LogP contribution in [0.15, 0.2) is 36.4 Å². The molecule has 2 aromatic rings. The first-order valence-electron chi connectivity index (χ1n) is 14.3. The van der Waals surface area contributed by atoms with Crippen molar-refractivity contribution in [1.82, 2.24) is 14.7 Å². The molecule has 2 aliphatic heterocycles. The van der Waals surface area contributed by atoms with Crippen molar-refractivity contribution in [3.8, 4) is 0 Å². The number of likely N-dealkylation sites (tertiary alicyclic amines) is 2. The second-order valence-electron chi connectivity index (χ2n) is 12.4. The predicted molar refractivity (Wildman–Crippen MR) is 148 cm³/mol. The number of hydrogen-bond acceptors (Lipinski definition) is 4. The molecule has 0 radical (unpaired) electrons. The number of amides is 3. The van der Waals surface area contributed by atoms with Crippen molar-refractivity contribution < 1.29 is 50.2 Å². The van der Waals surface area contributed by atoms with Gasteiger partial charge in [0.2, 0.25) is 11.8 Å². The molecule has 1 N–H and O–H groups in total. The van der Waals surface area contributed by atoms with Crippen LogP contribution in [0.1, 0.15) is 54.0 Å². The molecule has 14 heteroatoms. The maximum absolute atomic E-state index is 14.0. The minimum absolute atomic E-state index is 0.0211. The maximum Gasteiger partial charge on any atom is 0.416 e.